The average Bonchev–Trinajstić information content (AvgIpc) is 2.71. The largest absolute Gasteiger partial charge is 0.412 e. The van der Waals surface area contributed by atoms with Gasteiger partial charge in [0.15, 0.2) is 0 Å². The molecule has 0 spiro atoms. The van der Waals surface area contributed by atoms with E-state index < -0.39 is 0 Å². The van der Waals surface area contributed by atoms with Gasteiger partial charge in [-0.3, -0.25) is 9.48 Å². The van der Waals surface area contributed by atoms with Gasteiger partial charge in [0, 0.05) is 13.2 Å². The summed E-state index contributed by atoms with van der Waals surface area (Å²) in [5.74, 6) is 0.262. The highest BCUT2D eigenvalue weighted by molar-refractivity contribution is 5.67. The number of aromatic nitrogens is 4. The zero-order valence-corrected chi connectivity index (χ0v) is 6.84. The molecule has 66 valence electrons. The van der Waals surface area contributed by atoms with Crippen LogP contribution in [0.15, 0.2) is 16.7 Å². The summed E-state index contributed by atoms with van der Waals surface area (Å²) < 4.78 is 6.59. The lowest BCUT2D eigenvalue weighted by Gasteiger charge is -1.92. The van der Waals surface area contributed by atoms with Crippen molar-refractivity contribution in [1.29, 1.82) is 0 Å². The molecule has 0 aromatic carbocycles. The molecule has 0 saturated heterocycles. The van der Waals surface area contributed by atoms with Crippen LogP contribution < -0.4 is 0 Å². The van der Waals surface area contributed by atoms with Crippen LogP contribution in [-0.4, -0.2) is 26.3 Å². The second kappa shape index (κ2) is 2.81. The van der Waals surface area contributed by atoms with E-state index in [1.54, 1.807) is 24.0 Å². The Hall–Kier alpha value is -1.98. The number of rotatable bonds is 2. The van der Waals surface area contributed by atoms with E-state index in [1.807, 2.05) is 0 Å². The minimum absolute atomic E-state index is 0.0313. The van der Waals surface area contributed by atoms with E-state index in [0.717, 1.165) is 0 Å². The molecule has 0 N–H and O–H groups in total. The Morgan fingerprint density at radius 3 is 2.92 bits per heavy atom. The Bertz CT molecular complexity index is 431. The molecule has 2 rings (SSSR count). The monoisotopic (exact) mass is 178 g/mol. The predicted octanol–water partition coefficient (Wildman–Crippen LogP) is 0.283. The molecular weight excluding hydrogens is 172 g/mol. The summed E-state index contributed by atoms with van der Waals surface area (Å²) in [6.45, 7) is 0. The summed E-state index contributed by atoms with van der Waals surface area (Å²) in [5, 5.41) is 11.1. The number of hydrogen-bond acceptors (Lipinski definition) is 5. The molecule has 6 heteroatoms. The van der Waals surface area contributed by atoms with Crippen LogP contribution in [0.2, 0.25) is 0 Å². The van der Waals surface area contributed by atoms with Crippen LogP contribution >= 0.6 is 0 Å². The Morgan fingerprint density at radius 2 is 2.38 bits per heavy atom. The Balaban J connectivity index is 2.46. The van der Waals surface area contributed by atoms with Crippen LogP contribution in [0.1, 0.15) is 10.7 Å². The number of aldehydes is 1. The molecule has 0 fully saturated rings. The van der Waals surface area contributed by atoms with Crippen molar-refractivity contribution in [3.63, 3.8) is 0 Å². The van der Waals surface area contributed by atoms with Gasteiger partial charge in [-0.25, -0.2) is 0 Å². The van der Waals surface area contributed by atoms with Gasteiger partial charge in [-0.05, 0) is 6.07 Å². The van der Waals surface area contributed by atoms with Gasteiger partial charge in [0.05, 0.1) is 0 Å². The number of nitrogens with zero attached hydrogens (tertiary/aromatic N) is 4. The van der Waals surface area contributed by atoms with Crippen molar-refractivity contribution in [1.82, 2.24) is 20.0 Å². The molecule has 6 nitrogen and oxygen atoms in total. The second-order valence-corrected chi connectivity index (χ2v) is 2.40. The van der Waals surface area contributed by atoms with Crippen molar-refractivity contribution in [3.05, 3.63) is 18.2 Å². The van der Waals surface area contributed by atoms with Crippen LogP contribution in [0.5, 0.6) is 0 Å². The zero-order valence-electron chi connectivity index (χ0n) is 6.84. The molecule has 0 radical (unpaired) electrons. The van der Waals surface area contributed by atoms with Gasteiger partial charge < -0.3 is 4.42 Å². The summed E-state index contributed by atoms with van der Waals surface area (Å²) in [6.07, 6.45) is 2.12. The summed E-state index contributed by atoms with van der Waals surface area (Å²) >= 11 is 0. The Kier molecular flexibility index (Phi) is 1.66. The number of carbonyl (C=O) groups is 1. The first kappa shape index (κ1) is 7.66. The molecule has 0 aliphatic heterocycles. The highest BCUT2D eigenvalue weighted by Gasteiger charge is 2.10. The van der Waals surface area contributed by atoms with Crippen LogP contribution in [0.25, 0.3) is 11.6 Å². The van der Waals surface area contributed by atoms with Crippen molar-refractivity contribution in [3.8, 4) is 11.6 Å². The number of carbonyl (C=O) groups excluding carboxylic acids is 1. The fraction of sp³-hybridized carbons (Fsp3) is 0.143. The van der Waals surface area contributed by atoms with Crippen LogP contribution in [0.4, 0.5) is 0 Å². The maximum atomic E-state index is 10.3. The summed E-state index contributed by atoms with van der Waals surface area (Å²) in [6, 6.07) is 1.72. The van der Waals surface area contributed by atoms with Gasteiger partial charge in [-0.15, -0.1) is 10.2 Å². The average molecular weight is 178 g/mol. The van der Waals surface area contributed by atoms with Crippen molar-refractivity contribution in [2.75, 3.05) is 0 Å². The molecule has 0 unspecified atom stereocenters. The molecule has 0 bridgehead atoms. The third-order valence-corrected chi connectivity index (χ3v) is 1.58. The van der Waals surface area contributed by atoms with E-state index in [1.165, 1.54) is 0 Å². The predicted molar refractivity (Wildman–Crippen MR) is 41.9 cm³/mol. The Labute approximate surface area is 73.2 Å². The van der Waals surface area contributed by atoms with Gasteiger partial charge in [-0.2, -0.15) is 5.10 Å². The van der Waals surface area contributed by atoms with Crippen LogP contribution in [-0.2, 0) is 7.05 Å². The number of hydrogen-bond donors (Lipinski definition) is 0. The third-order valence-electron chi connectivity index (χ3n) is 1.58. The molecule has 0 amide bonds. The molecule has 0 saturated carbocycles. The molecule has 0 aliphatic carbocycles. The second-order valence-electron chi connectivity index (χ2n) is 2.40. The molecule has 0 aliphatic rings. The maximum absolute atomic E-state index is 10.3. The van der Waals surface area contributed by atoms with E-state index in [0.29, 0.717) is 17.9 Å². The smallest absolute Gasteiger partial charge is 0.281 e. The van der Waals surface area contributed by atoms with Gasteiger partial charge >= 0.3 is 0 Å². The first-order chi connectivity index (χ1) is 6.31. The molecule has 2 aromatic rings. The minimum Gasteiger partial charge on any atom is -0.412 e. The molecule has 2 heterocycles. The maximum Gasteiger partial charge on any atom is 0.281 e. The standard InChI is InChI=1S/C7H6N4O2/c1-11-5(2-3-8-11)7-10-9-6(4-12)13-7/h2-4H,1H3. The fourth-order valence-electron chi connectivity index (χ4n) is 0.969. The Morgan fingerprint density at radius 1 is 1.54 bits per heavy atom. The zero-order chi connectivity index (χ0) is 9.26. The van der Waals surface area contributed by atoms with Gasteiger partial charge in [0.25, 0.3) is 11.8 Å². The van der Waals surface area contributed by atoms with E-state index in [4.69, 9.17) is 4.42 Å². The molecule has 2 aromatic heterocycles. The van der Waals surface area contributed by atoms with Crippen molar-refractivity contribution in [2.24, 2.45) is 7.05 Å². The lowest BCUT2D eigenvalue weighted by atomic mass is 10.4. The molecule has 13 heavy (non-hydrogen) atoms. The highest BCUT2D eigenvalue weighted by atomic mass is 16.4. The summed E-state index contributed by atoms with van der Waals surface area (Å²) in [5.41, 5.74) is 0.681. The number of aryl methyl sites for hydroxylation is 1. The van der Waals surface area contributed by atoms with E-state index >= 15 is 0 Å². The fourth-order valence-corrected chi connectivity index (χ4v) is 0.969. The minimum atomic E-state index is -0.0313. The topological polar surface area (TPSA) is 73.8 Å². The van der Waals surface area contributed by atoms with Crippen molar-refractivity contribution in [2.45, 2.75) is 0 Å². The summed E-state index contributed by atoms with van der Waals surface area (Å²) in [4.78, 5) is 10.3. The van der Waals surface area contributed by atoms with Gasteiger partial charge in [-0.1, -0.05) is 0 Å². The van der Waals surface area contributed by atoms with E-state index in [-0.39, 0.29) is 5.89 Å². The quantitative estimate of drug-likeness (QED) is 0.617. The summed E-state index contributed by atoms with van der Waals surface area (Å²) in [7, 11) is 1.75. The van der Waals surface area contributed by atoms with Crippen LogP contribution in [0.3, 0.4) is 0 Å². The lowest BCUT2D eigenvalue weighted by Crippen LogP contribution is -1.92. The first-order valence-corrected chi connectivity index (χ1v) is 3.58. The van der Waals surface area contributed by atoms with E-state index in [2.05, 4.69) is 15.3 Å². The van der Waals surface area contributed by atoms with Crippen molar-refractivity contribution >= 4 is 6.29 Å². The third kappa shape index (κ3) is 1.22. The first-order valence-electron chi connectivity index (χ1n) is 3.58. The highest BCUT2D eigenvalue weighted by Crippen LogP contribution is 2.14. The molecule has 0 atom stereocenters. The van der Waals surface area contributed by atoms with E-state index in [9.17, 15) is 4.79 Å². The molecular formula is C7H6N4O2. The van der Waals surface area contributed by atoms with Crippen molar-refractivity contribution < 1.29 is 9.21 Å². The van der Waals surface area contributed by atoms with Gasteiger partial charge in [0.1, 0.15) is 5.69 Å². The lowest BCUT2D eigenvalue weighted by molar-refractivity contribution is 0.109. The SMILES string of the molecule is Cn1nccc1-c1nnc(C=O)o1. The normalized spacial score (nSPS) is 10.2. The van der Waals surface area contributed by atoms with Crippen LogP contribution in [0, 0.1) is 0 Å². The van der Waals surface area contributed by atoms with Gasteiger partial charge in [0.2, 0.25) is 6.29 Å².